The van der Waals surface area contributed by atoms with Crippen LogP contribution in [0.15, 0.2) is 42.5 Å². The fraction of sp³-hybridized carbons (Fsp3) is 0.235. The van der Waals surface area contributed by atoms with E-state index >= 15 is 0 Å². The molecule has 2 aromatic carbocycles. The van der Waals surface area contributed by atoms with E-state index in [4.69, 9.17) is 21.4 Å². The number of benzene rings is 2. The first-order chi connectivity index (χ1) is 10.6. The molecule has 0 bridgehead atoms. The second-order valence-corrected chi connectivity index (χ2v) is 5.25. The summed E-state index contributed by atoms with van der Waals surface area (Å²) in [5.41, 5.74) is 1.46. The third-order valence-electron chi connectivity index (χ3n) is 3.03. The summed E-state index contributed by atoms with van der Waals surface area (Å²) < 4.78 is 5.69. The lowest BCUT2D eigenvalue weighted by atomic mass is 10.2. The molecule has 0 saturated carbocycles. The maximum atomic E-state index is 11.6. The average molecular weight is 320 g/mol. The molecule has 4 nitrogen and oxygen atoms in total. The molecule has 0 aromatic heterocycles. The van der Waals surface area contributed by atoms with E-state index in [1.807, 2.05) is 6.92 Å². The number of hydrogen-bond acceptors (Lipinski definition) is 3. The molecule has 0 atom stereocenters. The SMILES string of the molecule is CCCC(=O)Nc1ccc(Oc2ccc(CO)cc2)c(Cl)c1. The predicted octanol–water partition coefficient (Wildman–Crippen LogP) is 4.36. The Kier molecular flexibility index (Phi) is 5.81. The van der Waals surface area contributed by atoms with Crippen LogP contribution in [0.3, 0.4) is 0 Å². The minimum atomic E-state index is -0.0353. The van der Waals surface area contributed by atoms with Gasteiger partial charge in [-0.25, -0.2) is 0 Å². The maximum Gasteiger partial charge on any atom is 0.224 e. The van der Waals surface area contributed by atoms with Gasteiger partial charge in [0.15, 0.2) is 0 Å². The first-order valence-corrected chi connectivity index (χ1v) is 7.47. The Morgan fingerprint density at radius 3 is 2.55 bits per heavy atom. The zero-order valence-corrected chi connectivity index (χ0v) is 13.1. The van der Waals surface area contributed by atoms with Crippen molar-refractivity contribution in [3.63, 3.8) is 0 Å². The number of carbonyl (C=O) groups excluding carboxylic acids is 1. The second-order valence-electron chi connectivity index (χ2n) is 4.85. The van der Waals surface area contributed by atoms with Crippen LogP contribution in [-0.2, 0) is 11.4 Å². The monoisotopic (exact) mass is 319 g/mol. The highest BCUT2D eigenvalue weighted by Gasteiger charge is 2.07. The molecule has 2 aromatic rings. The van der Waals surface area contributed by atoms with Gasteiger partial charge in [-0.2, -0.15) is 0 Å². The number of halogens is 1. The van der Waals surface area contributed by atoms with Gasteiger partial charge in [0.1, 0.15) is 11.5 Å². The van der Waals surface area contributed by atoms with E-state index in [1.165, 1.54) is 0 Å². The van der Waals surface area contributed by atoms with Crippen LogP contribution < -0.4 is 10.1 Å². The fourth-order valence-electron chi connectivity index (χ4n) is 1.90. The molecule has 0 heterocycles. The molecule has 0 aliphatic carbocycles. The van der Waals surface area contributed by atoms with E-state index in [0.717, 1.165) is 12.0 Å². The highest BCUT2D eigenvalue weighted by Crippen LogP contribution is 2.31. The predicted molar refractivity (Wildman–Crippen MR) is 87.4 cm³/mol. The minimum Gasteiger partial charge on any atom is -0.456 e. The number of carbonyl (C=O) groups is 1. The zero-order valence-electron chi connectivity index (χ0n) is 12.3. The average Bonchev–Trinajstić information content (AvgIpc) is 2.51. The Hall–Kier alpha value is -2.04. The molecule has 5 heteroatoms. The van der Waals surface area contributed by atoms with Gasteiger partial charge in [0.25, 0.3) is 0 Å². The summed E-state index contributed by atoms with van der Waals surface area (Å²) in [6.45, 7) is 1.94. The Morgan fingerprint density at radius 1 is 1.23 bits per heavy atom. The van der Waals surface area contributed by atoms with Gasteiger partial charge >= 0.3 is 0 Å². The van der Waals surface area contributed by atoms with Gasteiger partial charge in [-0.1, -0.05) is 30.7 Å². The first-order valence-electron chi connectivity index (χ1n) is 7.09. The minimum absolute atomic E-state index is 0.00675. The number of ether oxygens (including phenoxy) is 1. The molecule has 2 rings (SSSR count). The Morgan fingerprint density at radius 2 is 1.95 bits per heavy atom. The highest BCUT2D eigenvalue weighted by atomic mass is 35.5. The fourth-order valence-corrected chi connectivity index (χ4v) is 2.12. The van der Waals surface area contributed by atoms with Crippen LogP contribution >= 0.6 is 11.6 Å². The van der Waals surface area contributed by atoms with Gasteiger partial charge in [0.05, 0.1) is 11.6 Å². The van der Waals surface area contributed by atoms with Crippen LogP contribution in [0.25, 0.3) is 0 Å². The van der Waals surface area contributed by atoms with Crippen LogP contribution in [0, 0.1) is 0 Å². The quantitative estimate of drug-likeness (QED) is 0.831. The number of aliphatic hydroxyl groups is 1. The van der Waals surface area contributed by atoms with Crippen LogP contribution in [0.4, 0.5) is 5.69 Å². The second kappa shape index (κ2) is 7.82. The summed E-state index contributed by atoms with van der Waals surface area (Å²) in [5, 5.41) is 12.2. The molecule has 0 aliphatic heterocycles. The lowest BCUT2D eigenvalue weighted by Gasteiger charge is -2.10. The molecule has 1 amide bonds. The third-order valence-corrected chi connectivity index (χ3v) is 3.32. The van der Waals surface area contributed by atoms with E-state index in [-0.39, 0.29) is 12.5 Å². The van der Waals surface area contributed by atoms with Crippen molar-refractivity contribution in [2.75, 3.05) is 5.32 Å². The zero-order chi connectivity index (χ0) is 15.9. The Labute approximate surface area is 134 Å². The number of anilines is 1. The number of aliphatic hydroxyl groups excluding tert-OH is 1. The topological polar surface area (TPSA) is 58.6 Å². The molecule has 0 saturated heterocycles. The molecule has 116 valence electrons. The molecular formula is C17H18ClNO3. The lowest BCUT2D eigenvalue weighted by Crippen LogP contribution is -2.10. The number of rotatable bonds is 6. The lowest BCUT2D eigenvalue weighted by molar-refractivity contribution is -0.116. The summed E-state index contributed by atoms with van der Waals surface area (Å²) in [7, 11) is 0. The Balaban J connectivity index is 2.07. The highest BCUT2D eigenvalue weighted by molar-refractivity contribution is 6.32. The van der Waals surface area contributed by atoms with Crippen LogP contribution in [0.1, 0.15) is 25.3 Å². The summed E-state index contributed by atoms with van der Waals surface area (Å²) in [6, 6.07) is 12.2. The summed E-state index contributed by atoms with van der Waals surface area (Å²) in [4.78, 5) is 11.6. The van der Waals surface area contributed by atoms with E-state index in [1.54, 1.807) is 42.5 Å². The molecule has 0 aliphatic rings. The largest absolute Gasteiger partial charge is 0.456 e. The standard InChI is InChI=1S/C17H18ClNO3/c1-2-3-17(21)19-13-6-9-16(15(18)10-13)22-14-7-4-12(11-20)5-8-14/h4-10,20H,2-3,11H2,1H3,(H,19,21). The van der Waals surface area contributed by atoms with Crippen LogP contribution in [0.5, 0.6) is 11.5 Å². The maximum absolute atomic E-state index is 11.6. The van der Waals surface area contributed by atoms with Gasteiger partial charge in [-0.15, -0.1) is 0 Å². The van der Waals surface area contributed by atoms with Crippen molar-refractivity contribution in [3.05, 3.63) is 53.1 Å². The Bertz CT molecular complexity index is 641. The van der Waals surface area contributed by atoms with E-state index in [0.29, 0.717) is 28.6 Å². The van der Waals surface area contributed by atoms with Crippen molar-refractivity contribution in [3.8, 4) is 11.5 Å². The first kappa shape index (κ1) is 16.3. The van der Waals surface area contributed by atoms with Crippen LogP contribution in [0.2, 0.25) is 5.02 Å². The molecular weight excluding hydrogens is 302 g/mol. The van der Waals surface area contributed by atoms with E-state index < -0.39 is 0 Å². The molecule has 0 spiro atoms. The molecule has 22 heavy (non-hydrogen) atoms. The normalized spacial score (nSPS) is 10.3. The van der Waals surface area contributed by atoms with Gasteiger partial charge in [-0.3, -0.25) is 4.79 Å². The van der Waals surface area contributed by atoms with Crippen molar-refractivity contribution in [2.24, 2.45) is 0 Å². The number of amides is 1. The van der Waals surface area contributed by atoms with Crippen molar-refractivity contribution >= 4 is 23.2 Å². The van der Waals surface area contributed by atoms with Crippen molar-refractivity contribution in [2.45, 2.75) is 26.4 Å². The van der Waals surface area contributed by atoms with E-state index in [2.05, 4.69) is 5.32 Å². The van der Waals surface area contributed by atoms with Gasteiger partial charge in [0, 0.05) is 12.1 Å². The van der Waals surface area contributed by atoms with E-state index in [9.17, 15) is 4.79 Å². The summed E-state index contributed by atoms with van der Waals surface area (Å²) in [5.74, 6) is 1.10. The molecule has 2 N–H and O–H groups in total. The molecule has 0 unspecified atom stereocenters. The molecule has 0 fully saturated rings. The number of hydrogen-bond donors (Lipinski definition) is 2. The molecule has 0 radical (unpaired) electrons. The van der Waals surface area contributed by atoms with Gasteiger partial charge < -0.3 is 15.2 Å². The smallest absolute Gasteiger partial charge is 0.224 e. The van der Waals surface area contributed by atoms with Gasteiger partial charge in [0.2, 0.25) is 5.91 Å². The van der Waals surface area contributed by atoms with Gasteiger partial charge in [-0.05, 0) is 42.3 Å². The van der Waals surface area contributed by atoms with Crippen molar-refractivity contribution < 1.29 is 14.6 Å². The van der Waals surface area contributed by atoms with Crippen molar-refractivity contribution in [1.82, 2.24) is 0 Å². The van der Waals surface area contributed by atoms with Crippen LogP contribution in [-0.4, -0.2) is 11.0 Å². The number of nitrogens with one attached hydrogen (secondary N) is 1. The van der Waals surface area contributed by atoms with Crippen molar-refractivity contribution in [1.29, 1.82) is 0 Å². The summed E-state index contributed by atoms with van der Waals surface area (Å²) >= 11 is 6.18. The summed E-state index contributed by atoms with van der Waals surface area (Å²) in [6.07, 6.45) is 1.28. The third kappa shape index (κ3) is 4.48.